The first kappa shape index (κ1) is 8.75. The van der Waals surface area contributed by atoms with Crippen LogP contribution in [0.3, 0.4) is 0 Å². The topological polar surface area (TPSA) is 35.2 Å². The molecule has 0 radical (unpaired) electrons. The molecule has 0 aromatic heterocycles. The highest BCUT2D eigenvalue weighted by molar-refractivity contribution is 5.16. The van der Waals surface area contributed by atoms with Gasteiger partial charge < -0.3 is 10.5 Å². The van der Waals surface area contributed by atoms with Crippen LogP contribution in [0.2, 0.25) is 0 Å². The highest BCUT2D eigenvalue weighted by Gasteiger charge is 2.28. The maximum Gasteiger partial charge on any atom is 0.0683 e. The van der Waals surface area contributed by atoms with Gasteiger partial charge in [0.1, 0.15) is 0 Å². The second-order valence-electron chi connectivity index (χ2n) is 3.68. The van der Waals surface area contributed by atoms with Gasteiger partial charge >= 0.3 is 0 Å². The van der Waals surface area contributed by atoms with Crippen LogP contribution in [0.15, 0.2) is 11.6 Å². The van der Waals surface area contributed by atoms with Crippen LogP contribution in [0, 0.1) is 5.41 Å². The van der Waals surface area contributed by atoms with Gasteiger partial charge in [-0.3, -0.25) is 0 Å². The third-order valence-corrected chi connectivity index (χ3v) is 2.15. The average Bonchev–Trinajstić information content (AvgIpc) is 2.25. The van der Waals surface area contributed by atoms with E-state index in [2.05, 4.69) is 19.9 Å². The van der Waals surface area contributed by atoms with Crippen LogP contribution in [-0.2, 0) is 4.74 Å². The van der Waals surface area contributed by atoms with Gasteiger partial charge in [0.25, 0.3) is 0 Å². The molecule has 1 saturated heterocycles. The molecule has 0 bridgehead atoms. The predicted octanol–water partition coefficient (Wildman–Crippen LogP) is 1.32. The summed E-state index contributed by atoms with van der Waals surface area (Å²) in [6.07, 6.45) is 3.19. The van der Waals surface area contributed by atoms with E-state index in [4.69, 9.17) is 10.5 Å². The van der Waals surface area contributed by atoms with Crippen molar-refractivity contribution < 1.29 is 4.74 Å². The Morgan fingerprint density at radius 3 is 2.82 bits per heavy atom. The molecule has 1 heterocycles. The van der Waals surface area contributed by atoms with Crippen LogP contribution >= 0.6 is 0 Å². The molecule has 0 aromatic carbocycles. The first-order chi connectivity index (χ1) is 5.17. The minimum atomic E-state index is 0.245. The summed E-state index contributed by atoms with van der Waals surface area (Å²) in [6, 6.07) is 0. The van der Waals surface area contributed by atoms with Crippen molar-refractivity contribution in [2.75, 3.05) is 19.8 Å². The van der Waals surface area contributed by atoms with Crippen molar-refractivity contribution in [3.8, 4) is 0 Å². The van der Waals surface area contributed by atoms with Gasteiger partial charge in [0.15, 0.2) is 0 Å². The maximum atomic E-state index is 5.41. The Hall–Kier alpha value is -0.340. The number of rotatable bonds is 2. The first-order valence-electron chi connectivity index (χ1n) is 4.14. The van der Waals surface area contributed by atoms with E-state index >= 15 is 0 Å². The monoisotopic (exact) mass is 155 g/mol. The fourth-order valence-electron chi connectivity index (χ4n) is 1.30. The fourth-order valence-corrected chi connectivity index (χ4v) is 1.30. The predicted molar refractivity (Wildman–Crippen MR) is 46.4 cm³/mol. The molecule has 0 aliphatic carbocycles. The van der Waals surface area contributed by atoms with Crippen molar-refractivity contribution in [1.29, 1.82) is 0 Å². The lowest BCUT2D eigenvalue weighted by Gasteiger charge is -2.16. The Morgan fingerprint density at radius 2 is 2.36 bits per heavy atom. The number of nitrogens with two attached hydrogens (primary N) is 1. The Balaban J connectivity index is 2.57. The van der Waals surface area contributed by atoms with Crippen LogP contribution in [0.5, 0.6) is 0 Å². The minimum absolute atomic E-state index is 0.245. The maximum absolute atomic E-state index is 5.41. The molecule has 2 heteroatoms. The molecule has 0 amide bonds. The highest BCUT2D eigenvalue weighted by atomic mass is 16.5. The zero-order chi connectivity index (χ0) is 8.32. The molecule has 0 spiro atoms. The molecule has 1 aliphatic rings. The largest absolute Gasteiger partial charge is 0.376 e. The Morgan fingerprint density at radius 1 is 1.64 bits per heavy atom. The lowest BCUT2D eigenvalue weighted by atomic mass is 9.87. The van der Waals surface area contributed by atoms with Crippen molar-refractivity contribution in [3.05, 3.63) is 11.6 Å². The van der Waals surface area contributed by atoms with E-state index in [0.29, 0.717) is 0 Å². The molecule has 0 saturated carbocycles. The molecule has 1 aliphatic heterocycles. The van der Waals surface area contributed by atoms with Crippen LogP contribution in [0.4, 0.5) is 0 Å². The molecule has 64 valence electrons. The molecular weight excluding hydrogens is 138 g/mol. The lowest BCUT2D eigenvalue weighted by Crippen LogP contribution is -2.13. The summed E-state index contributed by atoms with van der Waals surface area (Å²) >= 11 is 0. The number of hydrogen-bond acceptors (Lipinski definition) is 2. The van der Waals surface area contributed by atoms with Crippen LogP contribution in [0.1, 0.15) is 20.3 Å². The standard InChI is InChI=1S/C9H17NO/c1-9(2)7-11-6-8(9)4-3-5-10/h4H,3,5-7,10H2,1-2H3/b8-4+. The van der Waals surface area contributed by atoms with Crippen LogP contribution in [-0.4, -0.2) is 19.8 Å². The van der Waals surface area contributed by atoms with Gasteiger partial charge in [0.05, 0.1) is 13.2 Å². The van der Waals surface area contributed by atoms with Crippen molar-refractivity contribution in [1.82, 2.24) is 0 Å². The average molecular weight is 155 g/mol. The number of ether oxygens (including phenoxy) is 1. The van der Waals surface area contributed by atoms with E-state index in [-0.39, 0.29) is 5.41 Å². The summed E-state index contributed by atoms with van der Waals surface area (Å²) in [6.45, 7) is 6.81. The van der Waals surface area contributed by atoms with Gasteiger partial charge in [-0.05, 0) is 18.5 Å². The molecule has 11 heavy (non-hydrogen) atoms. The number of hydrogen-bond donors (Lipinski definition) is 1. The zero-order valence-corrected chi connectivity index (χ0v) is 7.39. The molecule has 0 unspecified atom stereocenters. The second-order valence-corrected chi connectivity index (χ2v) is 3.68. The molecule has 0 aromatic rings. The van der Waals surface area contributed by atoms with E-state index < -0.39 is 0 Å². The molecule has 1 rings (SSSR count). The Bertz CT molecular complexity index is 161. The molecule has 0 atom stereocenters. The lowest BCUT2D eigenvalue weighted by molar-refractivity contribution is 0.167. The second kappa shape index (κ2) is 3.37. The van der Waals surface area contributed by atoms with Gasteiger partial charge in [-0.2, -0.15) is 0 Å². The third kappa shape index (κ3) is 2.04. The summed E-state index contributed by atoms with van der Waals surface area (Å²) in [5.41, 5.74) is 7.06. The molecule has 1 fully saturated rings. The van der Waals surface area contributed by atoms with Gasteiger partial charge in [0.2, 0.25) is 0 Å². The third-order valence-electron chi connectivity index (χ3n) is 2.15. The van der Waals surface area contributed by atoms with Gasteiger partial charge in [-0.1, -0.05) is 19.9 Å². The summed E-state index contributed by atoms with van der Waals surface area (Å²) in [4.78, 5) is 0. The van der Waals surface area contributed by atoms with Crippen molar-refractivity contribution >= 4 is 0 Å². The summed E-state index contributed by atoms with van der Waals surface area (Å²) in [7, 11) is 0. The van der Waals surface area contributed by atoms with Crippen LogP contribution in [0.25, 0.3) is 0 Å². The van der Waals surface area contributed by atoms with Gasteiger partial charge in [-0.15, -0.1) is 0 Å². The zero-order valence-electron chi connectivity index (χ0n) is 7.39. The quantitative estimate of drug-likeness (QED) is 0.610. The van der Waals surface area contributed by atoms with Gasteiger partial charge in [0, 0.05) is 5.41 Å². The van der Waals surface area contributed by atoms with Crippen molar-refractivity contribution in [2.45, 2.75) is 20.3 Å². The Labute approximate surface area is 68.4 Å². The fraction of sp³-hybridized carbons (Fsp3) is 0.778. The van der Waals surface area contributed by atoms with E-state index in [1.54, 1.807) is 0 Å². The first-order valence-corrected chi connectivity index (χ1v) is 4.14. The highest BCUT2D eigenvalue weighted by Crippen LogP contribution is 2.32. The van der Waals surface area contributed by atoms with Crippen LogP contribution < -0.4 is 5.73 Å². The SMILES string of the molecule is CC1(C)COC/C1=C\CCN. The van der Waals surface area contributed by atoms with E-state index in [9.17, 15) is 0 Å². The molecule has 2 nitrogen and oxygen atoms in total. The van der Waals surface area contributed by atoms with Crippen molar-refractivity contribution in [3.63, 3.8) is 0 Å². The normalized spacial score (nSPS) is 26.3. The molecule has 2 N–H and O–H groups in total. The van der Waals surface area contributed by atoms with Crippen molar-refractivity contribution in [2.24, 2.45) is 11.1 Å². The van der Waals surface area contributed by atoms with Gasteiger partial charge in [-0.25, -0.2) is 0 Å². The van der Waals surface area contributed by atoms with E-state index in [1.165, 1.54) is 5.57 Å². The summed E-state index contributed by atoms with van der Waals surface area (Å²) < 4.78 is 5.36. The summed E-state index contributed by atoms with van der Waals surface area (Å²) in [5, 5.41) is 0. The summed E-state index contributed by atoms with van der Waals surface area (Å²) in [5.74, 6) is 0. The van der Waals surface area contributed by atoms with E-state index in [1.807, 2.05) is 0 Å². The molecular formula is C9H17NO. The Kier molecular flexibility index (Phi) is 2.68. The smallest absolute Gasteiger partial charge is 0.0683 e. The minimum Gasteiger partial charge on any atom is -0.376 e. The van der Waals surface area contributed by atoms with E-state index in [0.717, 1.165) is 26.2 Å².